The summed E-state index contributed by atoms with van der Waals surface area (Å²) in [6, 6.07) is 2.80. The second-order valence-electron chi connectivity index (χ2n) is 6.48. The van der Waals surface area contributed by atoms with Crippen LogP contribution in [0.3, 0.4) is 0 Å². The van der Waals surface area contributed by atoms with Gasteiger partial charge in [0.25, 0.3) is 0 Å². The Morgan fingerprint density at radius 2 is 2.23 bits per heavy atom. The number of carbonyl (C=O) groups excluding carboxylic acids is 1. The van der Waals surface area contributed by atoms with Crippen molar-refractivity contribution in [2.75, 3.05) is 25.1 Å². The molecule has 22 heavy (non-hydrogen) atoms. The molecule has 3 rings (SSSR count). The summed E-state index contributed by atoms with van der Waals surface area (Å²) < 4.78 is 5.16. The SMILES string of the molecule is COc1nc(C)cc(N2CC(CNC(=O)C3CC3)CC2C)n1. The van der Waals surface area contributed by atoms with E-state index < -0.39 is 0 Å². The molecule has 1 aromatic heterocycles. The molecule has 1 amide bonds. The molecule has 2 heterocycles. The van der Waals surface area contributed by atoms with Gasteiger partial charge in [-0.15, -0.1) is 0 Å². The molecule has 2 fully saturated rings. The van der Waals surface area contributed by atoms with Gasteiger partial charge < -0.3 is 15.0 Å². The lowest BCUT2D eigenvalue weighted by Gasteiger charge is -2.23. The lowest BCUT2D eigenvalue weighted by atomic mass is 10.1. The molecule has 120 valence electrons. The monoisotopic (exact) mass is 304 g/mol. The number of amides is 1. The van der Waals surface area contributed by atoms with Crippen LogP contribution in [0.25, 0.3) is 0 Å². The summed E-state index contributed by atoms with van der Waals surface area (Å²) in [6.07, 6.45) is 3.17. The van der Waals surface area contributed by atoms with E-state index in [0.29, 0.717) is 18.0 Å². The Labute approximate surface area is 131 Å². The molecule has 2 unspecified atom stereocenters. The van der Waals surface area contributed by atoms with Crippen LogP contribution in [-0.4, -0.2) is 42.1 Å². The van der Waals surface area contributed by atoms with E-state index in [4.69, 9.17) is 4.74 Å². The van der Waals surface area contributed by atoms with Gasteiger partial charge in [0, 0.05) is 36.8 Å². The Kier molecular flexibility index (Phi) is 4.18. The zero-order valence-electron chi connectivity index (χ0n) is 13.5. The normalized spacial score (nSPS) is 24.4. The standard InChI is InChI=1S/C16H24N4O2/c1-10-6-14(19-16(18-10)22-3)20-9-12(7-11(20)2)8-17-15(21)13-4-5-13/h6,11-13H,4-5,7-9H2,1-3H3,(H,17,21). The van der Waals surface area contributed by atoms with Crippen molar-refractivity contribution in [2.45, 2.75) is 39.2 Å². The van der Waals surface area contributed by atoms with Crippen LogP contribution in [0, 0.1) is 18.8 Å². The van der Waals surface area contributed by atoms with Crippen LogP contribution < -0.4 is 15.0 Å². The quantitative estimate of drug-likeness (QED) is 0.893. The van der Waals surface area contributed by atoms with Gasteiger partial charge >= 0.3 is 6.01 Å². The topological polar surface area (TPSA) is 67.3 Å². The van der Waals surface area contributed by atoms with E-state index in [2.05, 4.69) is 27.1 Å². The predicted octanol–water partition coefficient (Wildman–Crippen LogP) is 1.53. The lowest BCUT2D eigenvalue weighted by Crippen LogP contribution is -2.32. The summed E-state index contributed by atoms with van der Waals surface area (Å²) in [7, 11) is 1.59. The molecule has 2 atom stereocenters. The minimum absolute atomic E-state index is 0.227. The summed E-state index contributed by atoms with van der Waals surface area (Å²) in [6.45, 7) is 5.82. The summed E-state index contributed by atoms with van der Waals surface area (Å²) in [5, 5.41) is 3.09. The fraction of sp³-hybridized carbons (Fsp3) is 0.688. The Morgan fingerprint density at radius 3 is 2.91 bits per heavy atom. The first-order valence-electron chi connectivity index (χ1n) is 8.01. The maximum Gasteiger partial charge on any atom is 0.318 e. The van der Waals surface area contributed by atoms with E-state index in [1.54, 1.807) is 7.11 Å². The molecular formula is C16H24N4O2. The lowest BCUT2D eigenvalue weighted by molar-refractivity contribution is -0.122. The highest BCUT2D eigenvalue weighted by Crippen LogP contribution is 2.30. The zero-order valence-corrected chi connectivity index (χ0v) is 13.5. The van der Waals surface area contributed by atoms with Crippen LogP contribution in [0.1, 0.15) is 31.9 Å². The first kappa shape index (κ1) is 15.1. The molecule has 0 radical (unpaired) electrons. The average molecular weight is 304 g/mol. The second kappa shape index (κ2) is 6.10. The van der Waals surface area contributed by atoms with Gasteiger partial charge in [-0.1, -0.05) is 0 Å². The molecule has 1 aliphatic carbocycles. The minimum atomic E-state index is 0.227. The zero-order chi connectivity index (χ0) is 15.7. The first-order chi connectivity index (χ1) is 10.6. The van der Waals surface area contributed by atoms with Gasteiger partial charge in [0.15, 0.2) is 0 Å². The number of hydrogen-bond acceptors (Lipinski definition) is 5. The van der Waals surface area contributed by atoms with Crippen LogP contribution >= 0.6 is 0 Å². The van der Waals surface area contributed by atoms with Crippen molar-refractivity contribution in [3.05, 3.63) is 11.8 Å². The second-order valence-corrected chi connectivity index (χ2v) is 6.48. The molecule has 1 aliphatic heterocycles. The third kappa shape index (κ3) is 3.31. The molecule has 0 aromatic carbocycles. The molecule has 1 saturated carbocycles. The molecule has 2 aliphatic rings. The van der Waals surface area contributed by atoms with E-state index >= 15 is 0 Å². The Morgan fingerprint density at radius 1 is 1.45 bits per heavy atom. The Bertz CT molecular complexity index is 559. The number of ether oxygens (including phenoxy) is 1. The molecule has 1 N–H and O–H groups in total. The van der Waals surface area contributed by atoms with E-state index in [0.717, 1.165) is 43.9 Å². The summed E-state index contributed by atoms with van der Waals surface area (Å²) >= 11 is 0. The molecule has 1 saturated heterocycles. The Hall–Kier alpha value is -1.85. The summed E-state index contributed by atoms with van der Waals surface area (Å²) in [5.74, 6) is 1.89. The molecule has 6 heteroatoms. The number of nitrogens with zero attached hydrogens (tertiary/aromatic N) is 3. The number of nitrogens with one attached hydrogen (secondary N) is 1. The van der Waals surface area contributed by atoms with Gasteiger partial charge in [0.2, 0.25) is 5.91 Å². The number of carbonyl (C=O) groups is 1. The predicted molar refractivity (Wildman–Crippen MR) is 84.0 cm³/mol. The molecule has 6 nitrogen and oxygen atoms in total. The molecule has 1 aromatic rings. The fourth-order valence-electron chi connectivity index (χ4n) is 3.11. The largest absolute Gasteiger partial charge is 0.467 e. The third-order valence-electron chi connectivity index (χ3n) is 4.47. The van der Waals surface area contributed by atoms with Crippen molar-refractivity contribution in [2.24, 2.45) is 11.8 Å². The summed E-state index contributed by atoms with van der Waals surface area (Å²) in [5.41, 5.74) is 0.902. The van der Waals surface area contributed by atoms with Crippen molar-refractivity contribution in [1.29, 1.82) is 0 Å². The van der Waals surface area contributed by atoms with Gasteiger partial charge in [-0.2, -0.15) is 4.98 Å². The highest BCUT2D eigenvalue weighted by atomic mass is 16.5. The van der Waals surface area contributed by atoms with Gasteiger partial charge in [0.1, 0.15) is 5.82 Å². The van der Waals surface area contributed by atoms with Gasteiger partial charge in [-0.05, 0) is 39.0 Å². The minimum Gasteiger partial charge on any atom is -0.467 e. The van der Waals surface area contributed by atoms with Crippen molar-refractivity contribution < 1.29 is 9.53 Å². The number of aromatic nitrogens is 2. The van der Waals surface area contributed by atoms with Crippen molar-refractivity contribution in [1.82, 2.24) is 15.3 Å². The van der Waals surface area contributed by atoms with Gasteiger partial charge in [-0.25, -0.2) is 4.98 Å². The molecular weight excluding hydrogens is 280 g/mol. The fourth-order valence-corrected chi connectivity index (χ4v) is 3.11. The van der Waals surface area contributed by atoms with Crippen molar-refractivity contribution in [3.8, 4) is 6.01 Å². The molecule has 0 bridgehead atoms. The number of hydrogen-bond donors (Lipinski definition) is 1. The average Bonchev–Trinajstić information content (AvgIpc) is 3.27. The van der Waals surface area contributed by atoms with E-state index in [1.165, 1.54) is 0 Å². The van der Waals surface area contributed by atoms with E-state index in [1.807, 2.05) is 13.0 Å². The number of anilines is 1. The van der Waals surface area contributed by atoms with E-state index in [9.17, 15) is 4.79 Å². The first-order valence-corrected chi connectivity index (χ1v) is 8.01. The number of rotatable bonds is 5. The maximum absolute atomic E-state index is 11.8. The van der Waals surface area contributed by atoms with Crippen molar-refractivity contribution >= 4 is 11.7 Å². The van der Waals surface area contributed by atoms with Crippen LogP contribution in [0.15, 0.2) is 6.07 Å². The smallest absolute Gasteiger partial charge is 0.318 e. The maximum atomic E-state index is 11.8. The third-order valence-corrected chi connectivity index (χ3v) is 4.47. The molecule has 0 spiro atoms. The highest BCUT2D eigenvalue weighted by molar-refractivity contribution is 5.80. The van der Waals surface area contributed by atoms with Crippen molar-refractivity contribution in [3.63, 3.8) is 0 Å². The number of aryl methyl sites for hydroxylation is 1. The Balaban J connectivity index is 1.62. The van der Waals surface area contributed by atoms with Crippen LogP contribution in [0.2, 0.25) is 0 Å². The number of methoxy groups -OCH3 is 1. The van der Waals surface area contributed by atoms with Gasteiger partial charge in [-0.3, -0.25) is 4.79 Å². The summed E-state index contributed by atoms with van der Waals surface area (Å²) in [4.78, 5) is 22.7. The van der Waals surface area contributed by atoms with Gasteiger partial charge in [0.05, 0.1) is 7.11 Å². The van der Waals surface area contributed by atoms with Crippen LogP contribution in [0.5, 0.6) is 6.01 Å². The highest BCUT2D eigenvalue weighted by Gasteiger charge is 2.33. The van der Waals surface area contributed by atoms with E-state index in [-0.39, 0.29) is 11.8 Å². The van der Waals surface area contributed by atoms with Crippen LogP contribution in [-0.2, 0) is 4.79 Å². The van der Waals surface area contributed by atoms with Crippen LogP contribution in [0.4, 0.5) is 5.82 Å².